The van der Waals surface area contributed by atoms with Crippen LogP contribution in [-0.2, 0) is 26.1 Å². The summed E-state index contributed by atoms with van der Waals surface area (Å²) in [6.45, 7) is 4.77. The van der Waals surface area contributed by atoms with Crippen molar-refractivity contribution in [3.05, 3.63) is 53.6 Å². The fourth-order valence-electron chi connectivity index (χ4n) is 4.71. The maximum atomic E-state index is 13.4. The average Bonchev–Trinajstić information content (AvgIpc) is 3.28. The van der Waals surface area contributed by atoms with Crippen LogP contribution in [0.3, 0.4) is 0 Å². The van der Waals surface area contributed by atoms with Gasteiger partial charge in [0.1, 0.15) is 6.04 Å². The number of fused-ring (bicyclic) bond motifs is 3. The van der Waals surface area contributed by atoms with Gasteiger partial charge in [-0.05, 0) is 43.5 Å². The maximum absolute atomic E-state index is 13.4. The Morgan fingerprint density at radius 3 is 2.48 bits per heavy atom. The number of benzene rings is 2. The molecule has 1 atom stereocenters. The predicted molar refractivity (Wildman–Crippen MR) is 119 cm³/mol. The van der Waals surface area contributed by atoms with Crippen LogP contribution in [0.1, 0.15) is 24.0 Å². The smallest absolute Gasteiger partial charge is 0.250 e. The Bertz CT molecular complexity index is 1090. The van der Waals surface area contributed by atoms with Crippen molar-refractivity contribution < 1.29 is 17.9 Å². The number of carbonyl (C=O) groups is 1. The summed E-state index contributed by atoms with van der Waals surface area (Å²) >= 11 is 0. The number of morpholine rings is 1. The Kier molecular flexibility index (Phi) is 5.24. The van der Waals surface area contributed by atoms with E-state index in [9.17, 15) is 13.2 Å². The van der Waals surface area contributed by atoms with Gasteiger partial charge in [0.05, 0.1) is 36.0 Å². The van der Waals surface area contributed by atoms with Crippen molar-refractivity contribution in [3.63, 3.8) is 0 Å². The van der Waals surface area contributed by atoms with Crippen molar-refractivity contribution in [1.29, 1.82) is 0 Å². The van der Waals surface area contributed by atoms with Gasteiger partial charge in [0.15, 0.2) is 0 Å². The maximum Gasteiger partial charge on any atom is 0.250 e. The molecule has 31 heavy (non-hydrogen) atoms. The minimum Gasteiger partial charge on any atom is -0.379 e. The Hall–Kier alpha value is -2.42. The largest absolute Gasteiger partial charge is 0.379 e. The Balaban J connectivity index is 1.56. The Morgan fingerprint density at radius 1 is 1.00 bits per heavy atom. The molecular formula is C23H27N3O4S. The summed E-state index contributed by atoms with van der Waals surface area (Å²) in [5.74, 6) is 0.0477. The normalized spacial score (nSPS) is 21.8. The number of rotatable bonds is 4. The van der Waals surface area contributed by atoms with Crippen LogP contribution in [0.5, 0.6) is 0 Å². The van der Waals surface area contributed by atoms with E-state index in [1.165, 1.54) is 4.31 Å². The summed E-state index contributed by atoms with van der Waals surface area (Å²) in [6, 6.07) is 13.2. The number of sulfonamides is 1. The molecule has 7 nitrogen and oxygen atoms in total. The number of hydrogen-bond donors (Lipinski definition) is 0. The molecular weight excluding hydrogens is 414 g/mol. The van der Waals surface area contributed by atoms with Crippen LogP contribution in [-0.4, -0.2) is 57.5 Å². The van der Waals surface area contributed by atoms with Crippen LogP contribution in [0.4, 0.5) is 11.4 Å². The number of amides is 1. The summed E-state index contributed by atoms with van der Waals surface area (Å²) in [6.07, 6.45) is 1.79. The zero-order chi connectivity index (χ0) is 21.6. The second-order valence-electron chi connectivity index (χ2n) is 8.43. The minimum absolute atomic E-state index is 0.0477. The van der Waals surface area contributed by atoms with Crippen molar-refractivity contribution in [2.75, 3.05) is 42.6 Å². The number of aryl methyl sites for hydroxylation is 1. The van der Waals surface area contributed by atoms with Crippen LogP contribution in [0.15, 0.2) is 47.4 Å². The quantitative estimate of drug-likeness (QED) is 0.729. The molecule has 0 aromatic heterocycles. The van der Waals surface area contributed by atoms with E-state index in [2.05, 4.69) is 4.90 Å². The number of ether oxygens (including phenoxy) is 1. The Morgan fingerprint density at radius 2 is 1.74 bits per heavy atom. The summed E-state index contributed by atoms with van der Waals surface area (Å²) < 4.78 is 33.2. The lowest BCUT2D eigenvalue weighted by Gasteiger charge is -2.40. The molecule has 1 amide bonds. The van der Waals surface area contributed by atoms with Gasteiger partial charge in [0.25, 0.3) is 0 Å². The van der Waals surface area contributed by atoms with Gasteiger partial charge < -0.3 is 14.5 Å². The SMILES string of the molecule is Cc1ccc(CN2C(=O)[C@@H]3CCCN3c3ccc(S(=O)(=O)N4CCOCC4)cc32)cc1. The summed E-state index contributed by atoms with van der Waals surface area (Å²) in [7, 11) is -3.64. The van der Waals surface area contributed by atoms with Gasteiger partial charge in [-0.25, -0.2) is 8.42 Å². The highest BCUT2D eigenvalue weighted by atomic mass is 32.2. The van der Waals surface area contributed by atoms with Crippen molar-refractivity contribution in [2.45, 2.75) is 37.2 Å². The van der Waals surface area contributed by atoms with Crippen LogP contribution in [0.2, 0.25) is 0 Å². The molecule has 5 rings (SSSR count). The molecule has 3 aliphatic rings. The van der Waals surface area contributed by atoms with Gasteiger partial charge in [0.2, 0.25) is 15.9 Å². The lowest BCUT2D eigenvalue weighted by molar-refractivity contribution is -0.120. The van der Waals surface area contributed by atoms with E-state index in [-0.39, 0.29) is 16.8 Å². The first kappa shape index (κ1) is 20.5. The molecule has 2 saturated heterocycles. The molecule has 0 spiro atoms. The zero-order valence-corrected chi connectivity index (χ0v) is 18.5. The molecule has 2 aromatic carbocycles. The molecule has 0 aliphatic carbocycles. The fraction of sp³-hybridized carbons (Fsp3) is 0.435. The molecule has 0 radical (unpaired) electrons. The van der Waals surface area contributed by atoms with Crippen molar-refractivity contribution in [3.8, 4) is 0 Å². The molecule has 3 heterocycles. The number of carbonyl (C=O) groups excluding carboxylic acids is 1. The predicted octanol–water partition coefficient (Wildman–Crippen LogP) is 2.53. The molecule has 0 unspecified atom stereocenters. The molecule has 0 bridgehead atoms. The summed E-state index contributed by atoms with van der Waals surface area (Å²) in [5, 5.41) is 0. The summed E-state index contributed by atoms with van der Waals surface area (Å²) in [4.78, 5) is 17.5. The van der Waals surface area contributed by atoms with E-state index in [1.54, 1.807) is 17.0 Å². The van der Waals surface area contributed by atoms with Gasteiger partial charge in [0, 0.05) is 19.6 Å². The van der Waals surface area contributed by atoms with Crippen molar-refractivity contribution in [1.82, 2.24) is 4.31 Å². The molecule has 2 fully saturated rings. The first-order valence-electron chi connectivity index (χ1n) is 10.8. The second-order valence-corrected chi connectivity index (χ2v) is 10.4. The van der Waals surface area contributed by atoms with Gasteiger partial charge in [-0.1, -0.05) is 29.8 Å². The lowest BCUT2D eigenvalue weighted by atomic mass is 10.0. The van der Waals surface area contributed by atoms with Gasteiger partial charge in [-0.2, -0.15) is 4.31 Å². The zero-order valence-electron chi connectivity index (χ0n) is 17.7. The number of anilines is 2. The third-order valence-electron chi connectivity index (χ3n) is 6.42. The van der Waals surface area contributed by atoms with E-state index in [0.29, 0.717) is 38.5 Å². The van der Waals surface area contributed by atoms with Crippen molar-refractivity contribution >= 4 is 27.3 Å². The van der Waals surface area contributed by atoms with Crippen LogP contribution in [0.25, 0.3) is 0 Å². The second kappa shape index (κ2) is 7.93. The fourth-order valence-corrected chi connectivity index (χ4v) is 6.14. The van der Waals surface area contributed by atoms with E-state index in [1.807, 2.05) is 37.3 Å². The molecule has 164 valence electrons. The minimum atomic E-state index is -3.64. The van der Waals surface area contributed by atoms with Gasteiger partial charge in [-0.3, -0.25) is 4.79 Å². The van der Waals surface area contributed by atoms with Gasteiger partial charge >= 0.3 is 0 Å². The average molecular weight is 442 g/mol. The molecule has 8 heteroatoms. The van der Waals surface area contributed by atoms with E-state index < -0.39 is 10.0 Å². The lowest BCUT2D eigenvalue weighted by Crippen LogP contribution is -2.50. The van der Waals surface area contributed by atoms with E-state index in [0.717, 1.165) is 36.2 Å². The third kappa shape index (κ3) is 3.62. The van der Waals surface area contributed by atoms with E-state index >= 15 is 0 Å². The summed E-state index contributed by atoms with van der Waals surface area (Å²) in [5.41, 5.74) is 3.81. The monoisotopic (exact) mass is 441 g/mol. The van der Waals surface area contributed by atoms with Crippen LogP contribution >= 0.6 is 0 Å². The topological polar surface area (TPSA) is 70.2 Å². The van der Waals surface area contributed by atoms with E-state index in [4.69, 9.17) is 4.74 Å². The number of hydrogen-bond acceptors (Lipinski definition) is 5. The molecule has 2 aromatic rings. The number of nitrogens with zero attached hydrogens (tertiary/aromatic N) is 3. The molecule has 0 N–H and O–H groups in total. The third-order valence-corrected chi connectivity index (χ3v) is 8.31. The van der Waals surface area contributed by atoms with Gasteiger partial charge in [-0.15, -0.1) is 0 Å². The first-order valence-corrected chi connectivity index (χ1v) is 12.2. The van der Waals surface area contributed by atoms with Crippen LogP contribution in [0, 0.1) is 6.92 Å². The highest BCUT2D eigenvalue weighted by molar-refractivity contribution is 7.89. The molecule has 3 aliphatic heterocycles. The highest BCUT2D eigenvalue weighted by Crippen LogP contribution is 2.42. The van der Waals surface area contributed by atoms with Crippen molar-refractivity contribution in [2.24, 2.45) is 0 Å². The highest BCUT2D eigenvalue weighted by Gasteiger charge is 2.41. The Labute approximate surface area is 183 Å². The molecule has 0 saturated carbocycles. The van der Waals surface area contributed by atoms with Crippen LogP contribution < -0.4 is 9.80 Å². The standard InChI is InChI=1S/C23H27N3O4S/c1-17-4-6-18(7-5-17)16-26-22-15-19(31(28,29)24-11-13-30-14-12-24)8-9-20(22)25-10-2-3-21(25)23(26)27/h4-9,15,21H,2-3,10-14,16H2,1H3/t21-/m0/s1. The first-order chi connectivity index (χ1) is 14.9.